The number of ketones is 2. The number of fused-ring (bicyclic) bond motifs is 1. The molecule has 1 aliphatic heterocycles. The zero-order chi connectivity index (χ0) is 17.8. The van der Waals surface area contributed by atoms with Crippen LogP contribution in [0.2, 0.25) is 0 Å². The van der Waals surface area contributed by atoms with Crippen molar-refractivity contribution in [3.8, 4) is 17.2 Å². The van der Waals surface area contributed by atoms with Gasteiger partial charge in [0.25, 0.3) is 0 Å². The van der Waals surface area contributed by atoms with Crippen LogP contribution in [0.5, 0.6) is 17.2 Å². The lowest BCUT2D eigenvalue weighted by atomic mass is 10.1. The van der Waals surface area contributed by atoms with Crippen LogP contribution >= 0.6 is 0 Å². The van der Waals surface area contributed by atoms with E-state index in [1.54, 1.807) is 24.3 Å². The molecule has 0 amide bonds. The van der Waals surface area contributed by atoms with Gasteiger partial charge < -0.3 is 14.2 Å². The molecule has 128 valence electrons. The second-order valence-electron chi connectivity index (χ2n) is 5.59. The molecule has 0 saturated carbocycles. The van der Waals surface area contributed by atoms with Crippen molar-refractivity contribution in [2.45, 2.75) is 13.8 Å². The Kier molecular flexibility index (Phi) is 4.84. The fraction of sp³-hybridized carbons (Fsp3) is 0.200. The zero-order valence-corrected chi connectivity index (χ0v) is 14.1. The number of hydrogen-bond acceptors (Lipinski definition) is 5. The monoisotopic (exact) mass is 338 g/mol. The molecule has 1 aliphatic rings. The van der Waals surface area contributed by atoms with E-state index in [9.17, 15) is 9.59 Å². The lowest BCUT2D eigenvalue weighted by molar-refractivity contribution is -0.118. The van der Waals surface area contributed by atoms with Crippen LogP contribution in [0.15, 0.2) is 48.2 Å². The molecule has 0 bridgehead atoms. The third-order valence-electron chi connectivity index (χ3n) is 3.57. The standard InChI is InChI=1S/C20H18O5/c1-3-23-15-6-4-14(5-7-15)10-19-20(22)17-9-8-16(11-18(17)25-19)24-12-13(2)21/h4-11H,3,12H2,1-2H3. The number of Topliss-reactive ketones (excluding diaryl/α,β-unsaturated/α-hetero) is 2. The molecule has 0 unspecified atom stereocenters. The number of carbonyl (C=O) groups is 2. The Morgan fingerprint density at radius 3 is 2.48 bits per heavy atom. The molecule has 1 heterocycles. The van der Waals surface area contributed by atoms with E-state index in [2.05, 4.69) is 0 Å². The summed E-state index contributed by atoms with van der Waals surface area (Å²) in [7, 11) is 0. The fourth-order valence-corrected chi connectivity index (χ4v) is 2.42. The molecule has 0 saturated heterocycles. The predicted molar refractivity (Wildman–Crippen MR) is 93.2 cm³/mol. The molecular formula is C20H18O5. The van der Waals surface area contributed by atoms with Crippen molar-refractivity contribution < 1.29 is 23.8 Å². The second kappa shape index (κ2) is 7.21. The summed E-state index contributed by atoms with van der Waals surface area (Å²) >= 11 is 0. The molecule has 0 atom stereocenters. The summed E-state index contributed by atoms with van der Waals surface area (Å²) in [6.45, 7) is 3.96. The highest BCUT2D eigenvalue weighted by Gasteiger charge is 2.27. The first kappa shape index (κ1) is 16.8. The van der Waals surface area contributed by atoms with Gasteiger partial charge in [0.15, 0.2) is 11.5 Å². The van der Waals surface area contributed by atoms with Gasteiger partial charge in [-0.3, -0.25) is 9.59 Å². The van der Waals surface area contributed by atoms with Gasteiger partial charge in [-0.05, 0) is 49.8 Å². The number of carbonyl (C=O) groups excluding carboxylic acids is 2. The quantitative estimate of drug-likeness (QED) is 0.752. The topological polar surface area (TPSA) is 61.8 Å². The first-order chi connectivity index (χ1) is 12.1. The molecule has 0 aromatic heterocycles. The molecule has 0 radical (unpaired) electrons. The summed E-state index contributed by atoms with van der Waals surface area (Å²) in [6, 6.07) is 12.3. The van der Waals surface area contributed by atoms with Crippen molar-refractivity contribution in [2.75, 3.05) is 13.2 Å². The number of ether oxygens (including phenoxy) is 3. The SMILES string of the molecule is CCOc1ccc(C=C2Oc3cc(OCC(C)=O)ccc3C2=O)cc1. The summed E-state index contributed by atoms with van der Waals surface area (Å²) < 4.78 is 16.4. The van der Waals surface area contributed by atoms with Crippen molar-refractivity contribution in [1.82, 2.24) is 0 Å². The van der Waals surface area contributed by atoms with Crippen LogP contribution in [0.25, 0.3) is 6.08 Å². The third-order valence-corrected chi connectivity index (χ3v) is 3.57. The van der Waals surface area contributed by atoms with E-state index in [1.165, 1.54) is 6.92 Å². The van der Waals surface area contributed by atoms with Gasteiger partial charge in [0.05, 0.1) is 12.2 Å². The molecule has 2 aromatic carbocycles. The van der Waals surface area contributed by atoms with Gasteiger partial charge in [-0.1, -0.05) is 12.1 Å². The van der Waals surface area contributed by atoms with Crippen molar-refractivity contribution in [2.24, 2.45) is 0 Å². The van der Waals surface area contributed by atoms with Gasteiger partial charge in [-0.15, -0.1) is 0 Å². The molecule has 0 N–H and O–H groups in total. The lowest BCUT2D eigenvalue weighted by Gasteiger charge is -2.05. The van der Waals surface area contributed by atoms with E-state index in [0.717, 1.165) is 11.3 Å². The maximum Gasteiger partial charge on any atom is 0.231 e. The minimum Gasteiger partial charge on any atom is -0.494 e. The highest BCUT2D eigenvalue weighted by atomic mass is 16.5. The van der Waals surface area contributed by atoms with Crippen LogP contribution in [0.3, 0.4) is 0 Å². The van der Waals surface area contributed by atoms with Gasteiger partial charge >= 0.3 is 0 Å². The van der Waals surface area contributed by atoms with E-state index in [-0.39, 0.29) is 23.9 Å². The summed E-state index contributed by atoms with van der Waals surface area (Å²) in [6.07, 6.45) is 1.69. The third kappa shape index (κ3) is 3.88. The Hall–Kier alpha value is -3.08. The van der Waals surface area contributed by atoms with Gasteiger partial charge in [-0.2, -0.15) is 0 Å². The number of rotatable bonds is 6. The summed E-state index contributed by atoms with van der Waals surface area (Å²) in [5.74, 6) is 1.70. The highest BCUT2D eigenvalue weighted by molar-refractivity contribution is 6.14. The normalized spacial score (nSPS) is 14.2. The second-order valence-corrected chi connectivity index (χ2v) is 5.59. The van der Waals surface area contributed by atoms with Crippen molar-refractivity contribution in [3.05, 3.63) is 59.4 Å². The van der Waals surface area contributed by atoms with Crippen molar-refractivity contribution in [1.29, 1.82) is 0 Å². The van der Waals surface area contributed by atoms with Crippen LogP contribution in [-0.4, -0.2) is 24.8 Å². The van der Waals surface area contributed by atoms with Gasteiger partial charge in [-0.25, -0.2) is 0 Å². The highest BCUT2D eigenvalue weighted by Crippen LogP contribution is 2.35. The van der Waals surface area contributed by atoms with Crippen LogP contribution in [0.4, 0.5) is 0 Å². The Morgan fingerprint density at radius 2 is 1.80 bits per heavy atom. The Morgan fingerprint density at radius 1 is 1.08 bits per heavy atom. The first-order valence-electron chi connectivity index (χ1n) is 8.00. The number of allylic oxidation sites excluding steroid dienone is 1. The maximum absolute atomic E-state index is 12.4. The predicted octanol–water partition coefficient (Wildman–Crippen LogP) is 3.67. The van der Waals surface area contributed by atoms with E-state index >= 15 is 0 Å². The molecule has 0 aliphatic carbocycles. The fourth-order valence-electron chi connectivity index (χ4n) is 2.42. The smallest absolute Gasteiger partial charge is 0.231 e. The van der Waals surface area contributed by atoms with E-state index < -0.39 is 0 Å². The van der Waals surface area contributed by atoms with E-state index in [1.807, 2.05) is 31.2 Å². The zero-order valence-electron chi connectivity index (χ0n) is 14.1. The Bertz CT molecular complexity index is 834. The van der Waals surface area contributed by atoms with E-state index in [0.29, 0.717) is 23.7 Å². The van der Waals surface area contributed by atoms with Crippen molar-refractivity contribution in [3.63, 3.8) is 0 Å². The molecule has 25 heavy (non-hydrogen) atoms. The molecule has 3 rings (SSSR count). The van der Waals surface area contributed by atoms with E-state index in [4.69, 9.17) is 14.2 Å². The largest absolute Gasteiger partial charge is 0.494 e. The molecular weight excluding hydrogens is 320 g/mol. The maximum atomic E-state index is 12.4. The van der Waals surface area contributed by atoms with Crippen LogP contribution < -0.4 is 14.2 Å². The van der Waals surface area contributed by atoms with Crippen LogP contribution in [-0.2, 0) is 4.79 Å². The average Bonchev–Trinajstić information content (AvgIpc) is 2.90. The van der Waals surface area contributed by atoms with Gasteiger partial charge in [0.1, 0.15) is 23.9 Å². The van der Waals surface area contributed by atoms with Gasteiger partial charge in [0.2, 0.25) is 5.78 Å². The summed E-state index contributed by atoms with van der Waals surface area (Å²) in [5, 5.41) is 0. The average molecular weight is 338 g/mol. The van der Waals surface area contributed by atoms with Crippen molar-refractivity contribution >= 4 is 17.6 Å². The number of hydrogen-bond donors (Lipinski definition) is 0. The minimum atomic E-state index is -0.179. The number of benzene rings is 2. The first-order valence-corrected chi connectivity index (χ1v) is 8.00. The molecule has 0 spiro atoms. The minimum absolute atomic E-state index is 0.0123. The summed E-state index contributed by atoms with van der Waals surface area (Å²) in [5.41, 5.74) is 1.32. The molecule has 5 heteroatoms. The Labute approximate surface area is 145 Å². The Balaban J connectivity index is 1.78. The van der Waals surface area contributed by atoms with Crippen LogP contribution in [0.1, 0.15) is 29.8 Å². The lowest BCUT2D eigenvalue weighted by Crippen LogP contribution is -2.06. The molecule has 2 aromatic rings. The molecule has 0 fully saturated rings. The molecule has 5 nitrogen and oxygen atoms in total. The summed E-state index contributed by atoms with van der Waals surface area (Å²) in [4.78, 5) is 23.4. The van der Waals surface area contributed by atoms with Gasteiger partial charge in [0, 0.05) is 6.07 Å². The van der Waals surface area contributed by atoms with Crippen LogP contribution in [0, 0.1) is 0 Å².